The van der Waals surface area contributed by atoms with Crippen LogP contribution in [-0.4, -0.2) is 61.5 Å². The summed E-state index contributed by atoms with van der Waals surface area (Å²) in [7, 11) is 4.89. The number of halogens is 2. The lowest BCUT2D eigenvalue weighted by Crippen LogP contribution is -2.45. The van der Waals surface area contributed by atoms with Crippen LogP contribution >= 0.6 is 23.2 Å². The van der Waals surface area contributed by atoms with Gasteiger partial charge in [-0.1, -0.05) is 23.2 Å². The lowest BCUT2D eigenvalue weighted by atomic mass is 10.1. The summed E-state index contributed by atoms with van der Waals surface area (Å²) >= 11 is 13.1. The first kappa shape index (κ1) is 21.6. The van der Waals surface area contributed by atoms with E-state index >= 15 is 0 Å². The number of nitrogens with zero attached hydrogens (tertiary/aromatic N) is 4. The van der Waals surface area contributed by atoms with Crippen LogP contribution < -0.4 is 25.8 Å². The van der Waals surface area contributed by atoms with E-state index in [1.165, 1.54) is 14.2 Å². The van der Waals surface area contributed by atoms with E-state index < -0.39 is 0 Å². The first-order valence-electron chi connectivity index (χ1n) is 9.45. The second kappa shape index (κ2) is 8.51. The molecule has 0 saturated carbocycles. The van der Waals surface area contributed by atoms with E-state index in [0.717, 1.165) is 0 Å². The van der Waals surface area contributed by atoms with Crippen molar-refractivity contribution in [3.8, 4) is 22.8 Å². The maximum absolute atomic E-state index is 6.53. The van der Waals surface area contributed by atoms with Gasteiger partial charge in [-0.15, -0.1) is 0 Å². The van der Waals surface area contributed by atoms with Gasteiger partial charge < -0.3 is 30.6 Å². The molecule has 1 aliphatic rings. The van der Waals surface area contributed by atoms with Crippen molar-refractivity contribution in [1.82, 2.24) is 15.0 Å². The summed E-state index contributed by atoms with van der Waals surface area (Å²) in [6.45, 7) is 1.02. The molecule has 0 aliphatic carbocycles. The molecule has 164 valence electrons. The van der Waals surface area contributed by atoms with Gasteiger partial charge in [-0.2, -0.15) is 0 Å². The van der Waals surface area contributed by atoms with Crippen LogP contribution in [-0.2, 0) is 4.74 Å². The fraction of sp³-hybridized carbons (Fsp3) is 0.350. The van der Waals surface area contributed by atoms with Crippen LogP contribution in [0.4, 0.5) is 11.8 Å². The van der Waals surface area contributed by atoms with Crippen molar-refractivity contribution in [3.05, 3.63) is 28.4 Å². The molecule has 1 aliphatic heterocycles. The van der Waals surface area contributed by atoms with Crippen LogP contribution in [0.25, 0.3) is 22.2 Å². The van der Waals surface area contributed by atoms with Gasteiger partial charge >= 0.3 is 0 Å². The van der Waals surface area contributed by atoms with Crippen LogP contribution in [0, 0.1) is 0 Å². The van der Waals surface area contributed by atoms with Crippen molar-refractivity contribution in [2.45, 2.75) is 12.1 Å². The molecule has 0 radical (unpaired) electrons. The number of rotatable bonds is 5. The Labute approximate surface area is 189 Å². The minimum atomic E-state index is -0.116. The second-order valence-corrected chi connectivity index (χ2v) is 7.92. The Hall–Kier alpha value is -2.59. The zero-order valence-corrected chi connectivity index (χ0v) is 18.7. The predicted octanol–water partition coefficient (Wildman–Crippen LogP) is 2.76. The number of methoxy groups -OCH3 is 2. The monoisotopic (exact) mass is 464 g/mol. The Morgan fingerprint density at radius 3 is 2.35 bits per heavy atom. The summed E-state index contributed by atoms with van der Waals surface area (Å²) < 4.78 is 16.1. The van der Waals surface area contributed by atoms with Gasteiger partial charge in [0, 0.05) is 30.3 Å². The lowest BCUT2D eigenvalue weighted by molar-refractivity contribution is 0.190. The molecule has 4 rings (SSSR count). The fourth-order valence-electron chi connectivity index (χ4n) is 3.57. The molecule has 9 nitrogen and oxygen atoms in total. The molecule has 0 unspecified atom stereocenters. The summed E-state index contributed by atoms with van der Waals surface area (Å²) in [5.41, 5.74) is 13.8. The average Bonchev–Trinajstić information content (AvgIpc) is 3.19. The Balaban J connectivity index is 1.81. The highest BCUT2D eigenvalue weighted by atomic mass is 35.5. The summed E-state index contributed by atoms with van der Waals surface area (Å²) in [5, 5.41) is 1.28. The van der Waals surface area contributed by atoms with Crippen LogP contribution in [0.2, 0.25) is 10.0 Å². The van der Waals surface area contributed by atoms with Crippen LogP contribution in [0.1, 0.15) is 0 Å². The highest BCUT2D eigenvalue weighted by molar-refractivity contribution is 6.41. The summed E-state index contributed by atoms with van der Waals surface area (Å²) in [6.07, 6.45) is 1.68. The van der Waals surface area contributed by atoms with E-state index in [1.54, 1.807) is 18.3 Å². The fourth-order valence-corrected chi connectivity index (χ4v) is 4.26. The quantitative estimate of drug-likeness (QED) is 0.586. The van der Waals surface area contributed by atoms with Gasteiger partial charge in [-0.05, 0) is 6.07 Å². The molecule has 2 aromatic heterocycles. The number of ether oxygens (including phenoxy) is 3. The molecule has 3 aromatic rings. The van der Waals surface area contributed by atoms with Crippen molar-refractivity contribution < 1.29 is 14.2 Å². The van der Waals surface area contributed by atoms with Gasteiger partial charge in [0.25, 0.3) is 0 Å². The van der Waals surface area contributed by atoms with Crippen molar-refractivity contribution in [3.63, 3.8) is 0 Å². The Kier molecular flexibility index (Phi) is 5.94. The molecule has 0 amide bonds. The van der Waals surface area contributed by atoms with Gasteiger partial charge in [0.2, 0.25) is 5.95 Å². The maximum Gasteiger partial charge on any atom is 0.226 e. The van der Waals surface area contributed by atoms with E-state index in [1.807, 2.05) is 11.9 Å². The van der Waals surface area contributed by atoms with Gasteiger partial charge in [-0.25, -0.2) is 15.0 Å². The molecule has 0 spiro atoms. The van der Waals surface area contributed by atoms with Crippen LogP contribution in [0.3, 0.4) is 0 Å². The standard InChI is InChI=1S/C20H22Cl2N6O3/c1-28(12-8-31-7-10(12)23)20-25-6-9-4-11(26-19(24)18(9)27-20)15-16(21)13(29-2)5-14(30-3)17(15)22/h4-6,10,12H,7-8,23H2,1-3H3,(H2,24,26)/t10-,12+/m0/s1. The Bertz CT molecular complexity index is 1120. The molecule has 3 heterocycles. The number of hydrogen-bond acceptors (Lipinski definition) is 9. The third-order valence-electron chi connectivity index (χ3n) is 5.32. The number of fused-ring (bicyclic) bond motifs is 1. The molecular weight excluding hydrogens is 443 g/mol. The molecule has 2 atom stereocenters. The van der Waals surface area contributed by atoms with Gasteiger partial charge in [-0.3, -0.25) is 0 Å². The summed E-state index contributed by atoms with van der Waals surface area (Å²) in [6, 6.07) is 3.25. The van der Waals surface area contributed by atoms with Gasteiger partial charge in [0.05, 0.1) is 55.3 Å². The number of nitrogens with two attached hydrogens (primary N) is 2. The maximum atomic E-state index is 6.53. The first-order chi connectivity index (χ1) is 14.8. The molecule has 1 saturated heterocycles. The minimum absolute atomic E-state index is 0.0206. The van der Waals surface area contributed by atoms with E-state index in [9.17, 15) is 0 Å². The highest BCUT2D eigenvalue weighted by Gasteiger charge is 2.30. The number of nitrogen functional groups attached to an aromatic ring is 1. The molecular formula is C20H22Cl2N6O3. The lowest BCUT2D eigenvalue weighted by Gasteiger charge is -2.26. The number of likely N-dealkylation sites (N-methyl/N-ethyl adjacent to an activating group) is 1. The zero-order chi connectivity index (χ0) is 22.3. The second-order valence-electron chi connectivity index (χ2n) is 7.16. The van der Waals surface area contributed by atoms with E-state index in [2.05, 4.69) is 15.0 Å². The normalized spacial score (nSPS) is 18.4. The number of aromatic nitrogens is 3. The molecule has 11 heteroatoms. The number of hydrogen-bond donors (Lipinski definition) is 2. The largest absolute Gasteiger partial charge is 0.495 e. The van der Waals surface area contributed by atoms with E-state index in [0.29, 0.717) is 62.9 Å². The predicted molar refractivity (Wildman–Crippen MR) is 121 cm³/mol. The van der Waals surface area contributed by atoms with Crippen molar-refractivity contribution in [1.29, 1.82) is 0 Å². The smallest absolute Gasteiger partial charge is 0.226 e. The summed E-state index contributed by atoms with van der Waals surface area (Å²) in [4.78, 5) is 15.5. The topological polar surface area (TPSA) is 122 Å². The molecule has 0 bridgehead atoms. The molecule has 1 aromatic carbocycles. The first-order valence-corrected chi connectivity index (χ1v) is 10.2. The third-order valence-corrected chi connectivity index (χ3v) is 6.07. The summed E-state index contributed by atoms with van der Waals surface area (Å²) in [5.74, 6) is 1.51. The number of benzene rings is 1. The van der Waals surface area contributed by atoms with Gasteiger partial charge in [0.15, 0.2) is 5.82 Å². The highest BCUT2D eigenvalue weighted by Crippen LogP contribution is 2.46. The minimum Gasteiger partial charge on any atom is -0.495 e. The van der Waals surface area contributed by atoms with Crippen LogP contribution in [0.15, 0.2) is 18.3 Å². The SMILES string of the molecule is COc1cc(OC)c(Cl)c(-c2cc3cnc(N(C)[C@@H]4COC[C@@H]4N)nc3c(N)n2)c1Cl. The zero-order valence-electron chi connectivity index (χ0n) is 17.2. The number of pyridine rings is 1. The van der Waals surface area contributed by atoms with Crippen molar-refractivity contribution >= 4 is 45.9 Å². The molecule has 4 N–H and O–H groups in total. The average molecular weight is 465 g/mol. The molecule has 31 heavy (non-hydrogen) atoms. The van der Waals surface area contributed by atoms with Gasteiger partial charge in [0.1, 0.15) is 17.0 Å². The van der Waals surface area contributed by atoms with Crippen molar-refractivity contribution in [2.24, 2.45) is 5.73 Å². The third kappa shape index (κ3) is 3.78. The van der Waals surface area contributed by atoms with E-state index in [4.69, 9.17) is 48.9 Å². The van der Waals surface area contributed by atoms with Crippen molar-refractivity contribution in [2.75, 3.05) is 45.1 Å². The molecule has 1 fully saturated rings. The van der Waals surface area contributed by atoms with E-state index in [-0.39, 0.29) is 17.9 Å². The Morgan fingerprint density at radius 1 is 1.10 bits per heavy atom. The number of anilines is 2. The Morgan fingerprint density at radius 2 is 1.77 bits per heavy atom. The van der Waals surface area contributed by atoms with Crippen LogP contribution in [0.5, 0.6) is 11.5 Å².